The first kappa shape index (κ1) is 18.9. The summed E-state index contributed by atoms with van der Waals surface area (Å²) in [5.74, 6) is -1.41. The van der Waals surface area contributed by atoms with Crippen molar-refractivity contribution in [3.05, 3.63) is 101 Å². The molecule has 3 heterocycles. The Balaban J connectivity index is 1.65. The molecule has 1 atom stereocenters. The zero-order valence-corrected chi connectivity index (χ0v) is 17.0. The van der Waals surface area contributed by atoms with Crippen LogP contribution in [0.1, 0.15) is 33.5 Å². The molecule has 0 aliphatic carbocycles. The van der Waals surface area contributed by atoms with E-state index < -0.39 is 23.5 Å². The number of hydrogen-bond acceptors (Lipinski definition) is 5. The Labute approximate surface area is 178 Å². The van der Waals surface area contributed by atoms with E-state index >= 15 is 0 Å². The number of carbonyl (C=O) groups excluding carboxylic acids is 2. The SMILES string of the molecule is Cc1ccc(N2C(=O)C(O)=C(C(=O)c3cc4ccccc4o3)C2c2ccco2)cc1C. The molecule has 0 saturated heterocycles. The van der Waals surface area contributed by atoms with E-state index in [4.69, 9.17) is 8.83 Å². The highest BCUT2D eigenvalue weighted by Crippen LogP contribution is 2.42. The van der Waals surface area contributed by atoms with Gasteiger partial charge in [-0.1, -0.05) is 24.3 Å². The number of ketones is 1. The average molecular weight is 413 g/mol. The van der Waals surface area contributed by atoms with Crippen LogP contribution in [0.15, 0.2) is 87.1 Å². The molecule has 1 aliphatic rings. The second-order valence-electron chi connectivity index (χ2n) is 7.60. The van der Waals surface area contributed by atoms with Gasteiger partial charge in [-0.05, 0) is 61.4 Å². The van der Waals surface area contributed by atoms with Crippen molar-refractivity contribution in [2.75, 3.05) is 4.90 Å². The molecule has 1 unspecified atom stereocenters. The molecular formula is C25H19NO5. The predicted octanol–water partition coefficient (Wildman–Crippen LogP) is 5.43. The van der Waals surface area contributed by atoms with E-state index in [1.165, 1.54) is 11.2 Å². The lowest BCUT2D eigenvalue weighted by atomic mass is 9.99. The summed E-state index contributed by atoms with van der Waals surface area (Å²) in [6, 6.07) is 16.8. The Morgan fingerprint density at radius 3 is 2.52 bits per heavy atom. The molecular weight excluding hydrogens is 394 g/mol. The van der Waals surface area contributed by atoms with E-state index in [2.05, 4.69) is 0 Å². The van der Waals surface area contributed by atoms with E-state index in [9.17, 15) is 14.7 Å². The van der Waals surface area contributed by atoms with Gasteiger partial charge in [0.2, 0.25) is 5.78 Å². The van der Waals surface area contributed by atoms with E-state index in [0.29, 0.717) is 17.0 Å². The van der Waals surface area contributed by atoms with E-state index in [1.807, 2.05) is 44.2 Å². The van der Waals surface area contributed by atoms with Gasteiger partial charge in [0.1, 0.15) is 17.4 Å². The minimum absolute atomic E-state index is 0.0500. The van der Waals surface area contributed by atoms with Crippen LogP contribution in [0.25, 0.3) is 11.0 Å². The van der Waals surface area contributed by atoms with Crippen LogP contribution in [0.5, 0.6) is 0 Å². The second kappa shape index (κ2) is 7.02. The number of hydrogen-bond donors (Lipinski definition) is 1. The molecule has 31 heavy (non-hydrogen) atoms. The Hall–Kier alpha value is -4.06. The molecule has 2 aromatic carbocycles. The summed E-state index contributed by atoms with van der Waals surface area (Å²) in [5, 5.41) is 11.5. The number of nitrogens with zero attached hydrogens (tertiary/aromatic N) is 1. The first-order valence-corrected chi connectivity index (χ1v) is 9.86. The largest absolute Gasteiger partial charge is 0.503 e. The molecule has 5 rings (SSSR count). The molecule has 4 aromatic rings. The lowest BCUT2D eigenvalue weighted by Crippen LogP contribution is -2.30. The third-order valence-electron chi connectivity index (χ3n) is 5.68. The number of carbonyl (C=O) groups is 2. The fourth-order valence-corrected chi connectivity index (χ4v) is 3.92. The van der Waals surface area contributed by atoms with Gasteiger partial charge in [0.05, 0.1) is 11.8 Å². The summed E-state index contributed by atoms with van der Waals surface area (Å²) in [6.45, 7) is 3.91. The smallest absolute Gasteiger partial charge is 0.294 e. The Bertz CT molecular complexity index is 1330. The van der Waals surface area contributed by atoms with Crippen molar-refractivity contribution >= 4 is 28.3 Å². The highest BCUT2D eigenvalue weighted by molar-refractivity contribution is 6.20. The molecule has 6 heteroatoms. The molecule has 1 amide bonds. The van der Waals surface area contributed by atoms with Crippen LogP contribution in [-0.2, 0) is 4.79 Å². The maximum Gasteiger partial charge on any atom is 0.294 e. The number of benzene rings is 2. The van der Waals surface area contributed by atoms with Crippen LogP contribution >= 0.6 is 0 Å². The number of rotatable bonds is 4. The molecule has 1 aliphatic heterocycles. The van der Waals surface area contributed by atoms with E-state index in [1.54, 1.807) is 30.3 Å². The summed E-state index contributed by atoms with van der Waals surface area (Å²) in [7, 11) is 0. The fraction of sp³-hybridized carbons (Fsp3) is 0.120. The molecule has 0 fully saturated rings. The predicted molar refractivity (Wildman–Crippen MR) is 115 cm³/mol. The Kier molecular flexibility index (Phi) is 4.29. The zero-order chi connectivity index (χ0) is 21.7. The van der Waals surface area contributed by atoms with Crippen molar-refractivity contribution in [1.82, 2.24) is 0 Å². The van der Waals surface area contributed by atoms with Gasteiger partial charge in [-0.25, -0.2) is 0 Å². The number of aliphatic hydroxyl groups is 1. The lowest BCUT2D eigenvalue weighted by molar-refractivity contribution is -0.117. The molecule has 2 aromatic heterocycles. The van der Waals surface area contributed by atoms with Crippen LogP contribution in [0.3, 0.4) is 0 Å². The lowest BCUT2D eigenvalue weighted by Gasteiger charge is -2.25. The van der Waals surface area contributed by atoms with Gasteiger partial charge in [-0.2, -0.15) is 0 Å². The van der Waals surface area contributed by atoms with Gasteiger partial charge in [-0.15, -0.1) is 0 Å². The second-order valence-corrected chi connectivity index (χ2v) is 7.60. The van der Waals surface area contributed by atoms with Gasteiger partial charge < -0.3 is 13.9 Å². The van der Waals surface area contributed by atoms with Crippen molar-refractivity contribution < 1.29 is 23.5 Å². The van der Waals surface area contributed by atoms with E-state index in [0.717, 1.165) is 16.5 Å². The minimum Gasteiger partial charge on any atom is -0.503 e. The van der Waals surface area contributed by atoms with Crippen molar-refractivity contribution in [2.45, 2.75) is 19.9 Å². The van der Waals surface area contributed by atoms with Gasteiger partial charge in [-0.3, -0.25) is 14.5 Å². The van der Waals surface area contributed by atoms with Crippen molar-refractivity contribution in [3.63, 3.8) is 0 Å². The number of furan rings is 2. The van der Waals surface area contributed by atoms with Gasteiger partial charge >= 0.3 is 0 Å². The molecule has 0 bridgehead atoms. The molecule has 6 nitrogen and oxygen atoms in total. The van der Waals surface area contributed by atoms with Gasteiger partial charge in [0.25, 0.3) is 5.91 Å². The molecule has 0 radical (unpaired) electrons. The number of aliphatic hydroxyl groups excluding tert-OH is 1. The third kappa shape index (κ3) is 2.95. The monoisotopic (exact) mass is 413 g/mol. The Morgan fingerprint density at radius 1 is 1.00 bits per heavy atom. The summed E-state index contributed by atoms with van der Waals surface area (Å²) < 4.78 is 11.3. The third-order valence-corrected chi connectivity index (χ3v) is 5.68. The van der Waals surface area contributed by atoms with Crippen LogP contribution in [0.4, 0.5) is 5.69 Å². The molecule has 0 saturated carbocycles. The molecule has 0 spiro atoms. The quantitative estimate of drug-likeness (QED) is 0.451. The van der Waals surface area contributed by atoms with Crippen LogP contribution in [0.2, 0.25) is 0 Å². The number of amides is 1. The standard InChI is InChI=1S/C25H19NO5/c1-14-9-10-17(12-15(14)2)26-22(19-8-5-11-30-19)21(24(28)25(26)29)23(27)20-13-16-6-3-4-7-18(16)31-20/h3-13,22,28H,1-2H3. The number of fused-ring (bicyclic) bond motifs is 1. The van der Waals surface area contributed by atoms with Crippen LogP contribution < -0.4 is 4.90 Å². The number of aryl methyl sites for hydroxylation is 2. The van der Waals surface area contributed by atoms with Crippen LogP contribution in [0, 0.1) is 13.8 Å². The van der Waals surface area contributed by atoms with Gasteiger partial charge in [0, 0.05) is 11.1 Å². The average Bonchev–Trinajstić information content (AvgIpc) is 3.49. The highest BCUT2D eigenvalue weighted by Gasteiger charge is 2.46. The fourth-order valence-electron chi connectivity index (χ4n) is 3.92. The summed E-state index contributed by atoms with van der Waals surface area (Å²) in [4.78, 5) is 27.9. The zero-order valence-electron chi connectivity index (χ0n) is 17.0. The number of anilines is 1. The van der Waals surface area contributed by atoms with Gasteiger partial charge in [0.15, 0.2) is 11.5 Å². The highest BCUT2D eigenvalue weighted by atomic mass is 16.3. The molecule has 154 valence electrons. The maximum atomic E-state index is 13.4. The summed E-state index contributed by atoms with van der Waals surface area (Å²) in [6.07, 6.45) is 1.47. The van der Waals surface area contributed by atoms with Crippen molar-refractivity contribution in [1.29, 1.82) is 0 Å². The van der Waals surface area contributed by atoms with E-state index in [-0.39, 0.29) is 11.3 Å². The van der Waals surface area contributed by atoms with Crippen molar-refractivity contribution in [2.24, 2.45) is 0 Å². The first-order chi connectivity index (χ1) is 15.0. The number of Topliss-reactive ketones (excluding diaryl/α,β-unsaturated/α-hetero) is 1. The number of para-hydroxylation sites is 1. The molecule has 1 N–H and O–H groups in total. The van der Waals surface area contributed by atoms with Crippen LogP contribution in [-0.4, -0.2) is 16.8 Å². The summed E-state index contributed by atoms with van der Waals surface area (Å²) >= 11 is 0. The summed E-state index contributed by atoms with van der Waals surface area (Å²) in [5.41, 5.74) is 3.10. The minimum atomic E-state index is -0.912. The topological polar surface area (TPSA) is 83.9 Å². The normalized spacial score (nSPS) is 16.5. The first-order valence-electron chi connectivity index (χ1n) is 9.86. The maximum absolute atomic E-state index is 13.4. The van der Waals surface area contributed by atoms with Crippen molar-refractivity contribution in [3.8, 4) is 0 Å². The Morgan fingerprint density at radius 2 is 1.81 bits per heavy atom.